The van der Waals surface area contributed by atoms with Crippen LogP contribution in [0.15, 0.2) is 30.3 Å². The smallest absolute Gasteiger partial charge is 0.395 e. The molecule has 104 valence electrons. The largest absolute Gasteiger partial charge is 0.589 e. The summed E-state index contributed by atoms with van der Waals surface area (Å²) in [7, 11) is 1.07. The second-order valence-corrected chi connectivity index (χ2v) is 6.21. The van der Waals surface area contributed by atoms with Crippen molar-refractivity contribution in [2.75, 3.05) is 27.7 Å². The minimum absolute atomic E-state index is 0.138. The molecule has 0 amide bonds. The summed E-state index contributed by atoms with van der Waals surface area (Å²) in [5, 5.41) is 0. The molecule has 1 N–H and O–H groups in total. The molecule has 0 saturated heterocycles. The van der Waals surface area contributed by atoms with Gasteiger partial charge in [-0.3, -0.25) is 4.89 Å². The molecule has 8 heteroatoms. The molecule has 1 rings (SSSR count). The number of phosphoric ester groups is 1. The molecule has 7 nitrogen and oxygen atoms in total. The summed E-state index contributed by atoms with van der Waals surface area (Å²) in [6.07, 6.45) is 0. The van der Waals surface area contributed by atoms with Crippen LogP contribution >= 0.6 is 7.82 Å². The maximum Gasteiger partial charge on any atom is 0.589 e. The number of hydrogen-bond donors (Lipinski definition) is 1. The minimum atomic E-state index is -4.37. The molecule has 0 spiro atoms. The number of hydrogen-bond acceptors (Lipinski definition) is 3. The Bertz CT molecular complexity index is 520. The number of rotatable bonds is 5. The number of nitrogens with zero attached hydrogens (tertiary/aromatic N) is 3. The molecule has 0 heterocycles. The van der Waals surface area contributed by atoms with Crippen molar-refractivity contribution in [1.82, 2.24) is 0 Å². The van der Waals surface area contributed by atoms with E-state index < -0.39 is 7.82 Å². The van der Waals surface area contributed by atoms with Crippen molar-refractivity contribution in [3.63, 3.8) is 0 Å². The average Bonchev–Trinajstić information content (AvgIpc) is 2.26. The third kappa shape index (κ3) is 6.18. The molecular weight excluding hydrogens is 269 g/mol. The van der Waals surface area contributed by atoms with Gasteiger partial charge >= 0.3 is 13.7 Å². The molecular formula is C11H17N3O4P+. The van der Waals surface area contributed by atoms with Crippen molar-refractivity contribution in [3.05, 3.63) is 35.9 Å². The van der Waals surface area contributed by atoms with Crippen molar-refractivity contribution in [3.8, 4) is 5.75 Å². The van der Waals surface area contributed by atoms with Gasteiger partial charge < -0.3 is 19.1 Å². The zero-order chi connectivity index (χ0) is 14.5. The van der Waals surface area contributed by atoms with E-state index in [1.54, 1.807) is 18.2 Å². The molecule has 0 aliphatic rings. The predicted octanol–water partition coefficient (Wildman–Crippen LogP) is 1.52. The zero-order valence-electron chi connectivity index (χ0n) is 11.1. The topological polar surface area (TPSA) is 92.2 Å². The second-order valence-electron chi connectivity index (χ2n) is 4.91. The number of phosphoric acid groups is 1. The van der Waals surface area contributed by atoms with Crippen LogP contribution in [0.5, 0.6) is 5.75 Å². The van der Waals surface area contributed by atoms with Crippen LogP contribution in [0.1, 0.15) is 0 Å². The summed E-state index contributed by atoms with van der Waals surface area (Å²) in [6.45, 7) is 0.138. The molecule has 0 saturated carbocycles. The van der Waals surface area contributed by atoms with Gasteiger partial charge in [-0.2, -0.15) is 0 Å². The van der Waals surface area contributed by atoms with E-state index in [0.29, 0.717) is 4.48 Å². The SMILES string of the molecule is C[N+](C)(C)CC(=[N+]=[N-])OP(=O)(O)Oc1ccccc1. The maximum atomic E-state index is 11.8. The van der Waals surface area contributed by atoms with E-state index >= 15 is 0 Å². The van der Waals surface area contributed by atoms with E-state index in [4.69, 9.17) is 14.6 Å². The van der Waals surface area contributed by atoms with Crippen LogP contribution in [0.25, 0.3) is 5.53 Å². The Balaban J connectivity index is 2.74. The fraction of sp³-hybridized carbons (Fsp3) is 0.364. The van der Waals surface area contributed by atoms with Gasteiger partial charge in [-0.25, -0.2) is 4.57 Å². The van der Waals surface area contributed by atoms with Gasteiger partial charge in [-0.1, -0.05) is 18.2 Å². The number of likely N-dealkylation sites (N-methyl/N-ethyl adjacent to an activating group) is 1. The number of benzene rings is 1. The second kappa shape index (κ2) is 5.99. The highest BCUT2D eigenvalue weighted by Gasteiger charge is 2.34. The normalized spacial score (nSPS) is 14.1. The molecule has 19 heavy (non-hydrogen) atoms. The van der Waals surface area contributed by atoms with E-state index in [0.717, 1.165) is 0 Å². The van der Waals surface area contributed by atoms with Crippen LogP contribution in [-0.2, 0) is 9.09 Å². The van der Waals surface area contributed by atoms with Crippen molar-refractivity contribution < 1.29 is 27.8 Å². The van der Waals surface area contributed by atoms with Gasteiger partial charge in [0.2, 0.25) is 6.54 Å². The molecule has 0 fully saturated rings. The van der Waals surface area contributed by atoms with Gasteiger partial charge in [0.15, 0.2) is 0 Å². The van der Waals surface area contributed by atoms with Crippen LogP contribution < -0.4 is 4.52 Å². The summed E-state index contributed by atoms with van der Waals surface area (Å²) in [5.41, 5.74) is 8.78. The van der Waals surface area contributed by atoms with Gasteiger partial charge in [0, 0.05) is 0 Å². The predicted molar refractivity (Wildman–Crippen MR) is 69.5 cm³/mol. The molecule has 0 aliphatic heterocycles. The summed E-state index contributed by atoms with van der Waals surface area (Å²) >= 11 is 0. The lowest BCUT2D eigenvalue weighted by Gasteiger charge is -2.21. The zero-order valence-corrected chi connectivity index (χ0v) is 11.9. The molecule has 0 aromatic heterocycles. The van der Waals surface area contributed by atoms with Crippen LogP contribution in [0.2, 0.25) is 0 Å². The fourth-order valence-electron chi connectivity index (χ4n) is 1.25. The van der Waals surface area contributed by atoms with Crippen LogP contribution in [-0.4, -0.2) is 47.8 Å². The van der Waals surface area contributed by atoms with Crippen LogP contribution in [0, 0.1) is 0 Å². The molecule has 1 aromatic carbocycles. The number of para-hydroxylation sites is 1. The van der Waals surface area contributed by atoms with Gasteiger partial charge in [0.05, 0.1) is 21.1 Å². The highest BCUT2D eigenvalue weighted by atomic mass is 31.2. The lowest BCUT2D eigenvalue weighted by molar-refractivity contribution is -0.862. The highest BCUT2D eigenvalue weighted by Crippen LogP contribution is 2.43. The molecule has 1 atom stereocenters. The monoisotopic (exact) mass is 286 g/mol. The first-order valence-corrected chi connectivity index (χ1v) is 7.00. The van der Waals surface area contributed by atoms with Gasteiger partial charge in [0.25, 0.3) is 0 Å². The Kier molecular flexibility index (Phi) is 4.86. The number of quaternary nitrogens is 1. The molecule has 0 bridgehead atoms. The van der Waals surface area contributed by atoms with E-state index in [-0.39, 0.29) is 18.2 Å². The highest BCUT2D eigenvalue weighted by molar-refractivity contribution is 7.48. The summed E-state index contributed by atoms with van der Waals surface area (Å²) in [6, 6.07) is 8.09. The third-order valence-corrected chi connectivity index (χ3v) is 2.79. The fourth-order valence-corrected chi connectivity index (χ4v) is 2.04. The molecule has 0 aliphatic carbocycles. The maximum absolute atomic E-state index is 11.8. The summed E-state index contributed by atoms with van der Waals surface area (Å²) in [4.78, 5) is 12.4. The van der Waals surface area contributed by atoms with E-state index in [9.17, 15) is 9.46 Å². The van der Waals surface area contributed by atoms with E-state index in [1.807, 2.05) is 21.1 Å². The Morgan fingerprint density at radius 3 is 2.42 bits per heavy atom. The Morgan fingerprint density at radius 2 is 1.95 bits per heavy atom. The molecule has 0 radical (unpaired) electrons. The lowest BCUT2D eigenvalue weighted by Crippen LogP contribution is -2.40. The average molecular weight is 286 g/mol. The minimum Gasteiger partial charge on any atom is -0.395 e. The van der Waals surface area contributed by atoms with Crippen LogP contribution in [0.3, 0.4) is 0 Å². The lowest BCUT2D eigenvalue weighted by atomic mass is 10.3. The molecule has 1 unspecified atom stereocenters. The summed E-state index contributed by atoms with van der Waals surface area (Å²) in [5.74, 6) is -0.0786. The quantitative estimate of drug-likeness (QED) is 0.222. The summed E-state index contributed by atoms with van der Waals surface area (Å²) < 4.78 is 21.7. The molecule has 1 aromatic rings. The van der Waals surface area contributed by atoms with E-state index in [2.05, 4.69) is 4.79 Å². The third-order valence-electron chi connectivity index (χ3n) is 1.91. The van der Waals surface area contributed by atoms with E-state index in [1.165, 1.54) is 12.1 Å². The van der Waals surface area contributed by atoms with Crippen molar-refractivity contribution in [2.45, 2.75) is 0 Å². The van der Waals surface area contributed by atoms with Crippen molar-refractivity contribution >= 4 is 13.7 Å². The first kappa shape index (κ1) is 15.4. The Morgan fingerprint density at radius 1 is 1.37 bits per heavy atom. The van der Waals surface area contributed by atoms with Crippen molar-refractivity contribution in [1.29, 1.82) is 0 Å². The van der Waals surface area contributed by atoms with Crippen molar-refractivity contribution in [2.24, 2.45) is 0 Å². The van der Waals surface area contributed by atoms with Gasteiger partial charge in [-0.05, 0) is 12.1 Å². The van der Waals surface area contributed by atoms with Crippen LogP contribution in [0.4, 0.5) is 0 Å². The van der Waals surface area contributed by atoms with Gasteiger partial charge in [0.1, 0.15) is 5.75 Å². The standard InChI is InChI=1S/C11H16N3O4P/c1-14(2,3)9-11(13-12)18-19(15,16)17-10-7-5-4-6-8-10/h4-8H,9H2,1-3H3/p+1. The van der Waals surface area contributed by atoms with Gasteiger partial charge in [-0.15, -0.1) is 4.79 Å². The Hall–Kier alpha value is -1.65. The first-order valence-electron chi connectivity index (χ1n) is 5.50. The first-order chi connectivity index (χ1) is 8.72. The Labute approximate surface area is 111 Å².